The van der Waals surface area contributed by atoms with Gasteiger partial charge in [0.1, 0.15) is 0 Å². The van der Waals surface area contributed by atoms with Gasteiger partial charge in [-0.15, -0.1) is 0 Å². The minimum Gasteiger partial charge on any atom is -0.480 e. The molecule has 192 valence electrons. The molecule has 0 bridgehead atoms. The van der Waals surface area contributed by atoms with E-state index in [0.29, 0.717) is 11.1 Å². The van der Waals surface area contributed by atoms with Crippen LogP contribution in [-0.2, 0) is 14.4 Å². The summed E-state index contributed by atoms with van der Waals surface area (Å²) in [6, 6.07) is 22.3. The van der Waals surface area contributed by atoms with Gasteiger partial charge in [0.25, 0.3) is 0 Å². The molecule has 2 heterocycles. The summed E-state index contributed by atoms with van der Waals surface area (Å²) in [5.74, 6) is -5.18. The first kappa shape index (κ1) is 25.3. The van der Waals surface area contributed by atoms with E-state index in [0.717, 1.165) is 16.0 Å². The highest BCUT2D eigenvalue weighted by Crippen LogP contribution is 2.49. The van der Waals surface area contributed by atoms with E-state index in [4.69, 9.17) is 0 Å². The molecule has 8 nitrogen and oxygen atoms in total. The standard InChI is InChI=1S/C30H26N2O6/c1-18(34)21-13-15-23(16-14-21)32-27(35)24-25(28(32)36)30(17-33,29(37)38)31-26(24)22-11-9-20(10-12-22)8-7-19-5-3-2-4-6-19/h2-16,24-26,31,33H,17H2,1H3,(H,37,38). The molecular weight excluding hydrogens is 484 g/mol. The van der Waals surface area contributed by atoms with Gasteiger partial charge in [0.2, 0.25) is 11.8 Å². The first-order valence-electron chi connectivity index (χ1n) is 12.2. The molecule has 2 saturated heterocycles. The number of nitrogens with one attached hydrogen (secondary N) is 1. The van der Waals surface area contributed by atoms with Crippen molar-refractivity contribution in [2.24, 2.45) is 11.8 Å². The zero-order chi connectivity index (χ0) is 27.0. The summed E-state index contributed by atoms with van der Waals surface area (Å²) in [7, 11) is 0. The number of hydrogen-bond donors (Lipinski definition) is 3. The second-order valence-electron chi connectivity index (χ2n) is 9.59. The number of Topliss-reactive ketones (excluding diaryl/α,β-unsaturated/α-hetero) is 1. The predicted octanol–water partition coefficient (Wildman–Crippen LogP) is 3.33. The number of aliphatic hydroxyl groups excluding tert-OH is 1. The van der Waals surface area contributed by atoms with Gasteiger partial charge in [-0.05, 0) is 47.9 Å². The lowest BCUT2D eigenvalue weighted by Crippen LogP contribution is -2.58. The monoisotopic (exact) mass is 510 g/mol. The Morgan fingerprint density at radius 2 is 1.50 bits per heavy atom. The third-order valence-corrected chi connectivity index (χ3v) is 7.38. The number of imide groups is 1. The highest BCUT2D eigenvalue weighted by Gasteiger charge is 2.68. The Morgan fingerprint density at radius 1 is 0.895 bits per heavy atom. The fraction of sp³-hybridized carbons (Fsp3) is 0.200. The normalized spacial score (nSPS) is 24.7. The molecule has 0 radical (unpaired) electrons. The van der Waals surface area contributed by atoms with Crippen LogP contribution in [0, 0.1) is 11.8 Å². The van der Waals surface area contributed by atoms with Gasteiger partial charge in [0.15, 0.2) is 11.3 Å². The van der Waals surface area contributed by atoms with Crippen LogP contribution >= 0.6 is 0 Å². The van der Waals surface area contributed by atoms with Crippen LogP contribution in [0.1, 0.15) is 40.0 Å². The zero-order valence-electron chi connectivity index (χ0n) is 20.6. The summed E-state index contributed by atoms with van der Waals surface area (Å²) in [5, 5.41) is 23.2. The van der Waals surface area contributed by atoms with Gasteiger partial charge in [-0.25, -0.2) is 4.90 Å². The van der Waals surface area contributed by atoms with E-state index in [2.05, 4.69) is 5.32 Å². The predicted molar refractivity (Wildman–Crippen MR) is 141 cm³/mol. The van der Waals surface area contributed by atoms with E-state index in [1.165, 1.54) is 31.2 Å². The van der Waals surface area contributed by atoms with Gasteiger partial charge in [0, 0.05) is 11.6 Å². The van der Waals surface area contributed by atoms with Gasteiger partial charge in [0.05, 0.1) is 24.1 Å². The Hall–Kier alpha value is -4.40. The lowest BCUT2D eigenvalue weighted by atomic mass is 9.79. The van der Waals surface area contributed by atoms with Crippen LogP contribution in [0.3, 0.4) is 0 Å². The summed E-state index contributed by atoms with van der Waals surface area (Å²) in [6.45, 7) is 0.543. The molecule has 0 spiro atoms. The molecule has 0 saturated carbocycles. The molecule has 3 aromatic rings. The molecule has 4 unspecified atom stereocenters. The fourth-order valence-corrected chi connectivity index (χ4v) is 5.37. The lowest BCUT2D eigenvalue weighted by molar-refractivity contribution is -0.150. The second-order valence-corrected chi connectivity index (χ2v) is 9.59. The van der Waals surface area contributed by atoms with Crippen molar-refractivity contribution in [1.29, 1.82) is 0 Å². The molecule has 2 aliphatic heterocycles. The van der Waals surface area contributed by atoms with Crippen LogP contribution in [0.2, 0.25) is 0 Å². The number of carbonyl (C=O) groups is 4. The SMILES string of the molecule is CC(=O)c1ccc(N2C(=O)C3C(c4ccc(C=Cc5ccccc5)cc4)NC(CO)(C(=O)O)C3C2=O)cc1. The average molecular weight is 511 g/mol. The number of rotatable bonds is 7. The average Bonchev–Trinajstić information content (AvgIpc) is 3.42. The van der Waals surface area contributed by atoms with Crippen molar-refractivity contribution in [2.75, 3.05) is 11.5 Å². The van der Waals surface area contributed by atoms with E-state index in [-0.39, 0.29) is 11.5 Å². The van der Waals surface area contributed by atoms with Crippen molar-refractivity contribution in [3.05, 3.63) is 101 Å². The van der Waals surface area contributed by atoms with Crippen LogP contribution in [0.5, 0.6) is 0 Å². The highest BCUT2D eigenvalue weighted by molar-refractivity contribution is 6.24. The molecule has 2 aliphatic rings. The summed E-state index contributed by atoms with van der Waals surface area (Å²) in [6.07, 6.45) is 3.91. The van der Waals surface area contributed by atoms with E-state index in [1.807, 2.05) is 54.6 Å². The fourth-order valence-electron chi connectivity index (χ4n) is 5.37. The molecule has 0 aromatic heterocycles. The van der Waals surface area contributed by atoms with Crippen LogP contribution in [0.4, 0.5) is 5.69 Å². The molecular formula is C30H26N2O6. The number of aliphatic carboxylic acids is 1. The van der Waals surface area contributed by atoms with Gasteiger partial charge in [-0.3, -0.25) is 24.5 Å². The molecule has 8 heteroatoms. The van der Waals surface area contributed by atoms with Crippen molar-refractivity contribution in [3.8, 4) is 0 Å². The number of fused-ring (bicyclic) bond motifs is 1. The summed E-state index contributed by atoms with van der Waals surface area (Å²) < 4.78 is 0. The first-order chi connectivity index (χ1) is 18.3. The number of anilines is 1. The smallest absolute Gasteiger partial charge is 0.327 e. The Kier molecular flexibility index (Phi) is 6.52. The highest BCUT2D eigenvalue weighted by atomic mass is 16.4. The number of ketones is 1. The summed E-state index contributed by atoms with van der Waals surface area (Å²) in [4.78, 5) is 52.3. The number of carboxylic acids is 1. The lowest BCUT2D eigenvalue weighted by Gasteiger charge is -2.29. The van der Waals surface area contributed by atoms with E-state index < -0.39 is 47.8 Å². The number of benzene rings is 3. The van der Waals surface area contributed by atoms with Crippen molar-refractivity contribution in [1.82, 2.24) is 5.32 Å². The Bertz CT molecular complexity index is 1430. The van der Waals surface area contributed by atoms with Gasteiger partial charge in [-0.1, -0.05) is 66.7 Å². The number of aliphatic hydroxyl groups is 1. The van der Waals surface area contributed by atoms with Gasteiger partial charge < -0.3 is 10.2 Å². The number of nitrogens with zero attached hydrogens (tertiary/aromatic N) is 1. The summed E-state index contributed by atoms with van der Waals surface area (Å²) >= 11 is 0. The molecule has 2 amide bonds. The quantitative estimate of drug-likeness (QED) is 0.253. The van der Waals surface area contributed by atoms with Crippen LogP contribution in [-0.4, -0.2) is 45.9 Å². The number of carboxylic acid groups (broad SMARTS) is 1. The first-order valence-corrected chi connectivity index (χ1v) is 12.2. The largest absolute Gasteiger partial charge is 0.480 e. The third kappa shape index (κ3) is 4.13. The maximum Gasteiger partial charge on any atom is 0.327 e. The maximum atomic E-state index is 13.7. The maximum absolute atomic E-state index is 13.7. The number of amides is 2. The zero-order valence-corrected chi connectivity index (χ0v) is 20.6. The molecule has 0 aliphatic carbocycles. The van der Waals surface area contributed by atoms with Crippen molar-refractivity contribution < 1.29 is 29.4 Å². The molecule has 3 N–H and O–H groups in total. The molecule has 3 aromatic carbocycles. The molecule has 38 heavy (non-hydrogen) atoms. The number of hydrogen-bond acceptors (Lipinski definition) is 6. The summed E-state index contributed by atoms with van der Waals surface area (Å²) in [5.41, 5.74) is 1.21. The second kappa shape index (κ2) is 9.81. The van der Waals surface area contributed by atoms with Crippen molar-refractivity contribution in [3.63, 3.8) is 0 Å². The minimum absolute atomic E-state index is 0.163. The van der Waals surface area contributed by atoms with Gasteiger partial charge >= 0.3 is 5.97 Å². The van der Waals surface area contributed by atoms with Crippen LogP contribution < -0.4 is 10.2 Å². The van der Waals surface area contributed by atoms with Crippen molar-refractivity contribution in [2.45, 2.75) is 18.5 Å². The molecule has 2 fully saturated rings. The topological polar surface area (TPSA) is 124 Å². The van der Waals surface area contributed by atoms with Crippen molar-refractivity contribution >= 4 is 41.4 Å². The molecule has 4 atom stereocenters. The third-order valence-electron chi connectivity index (χ3n) is 7.38. The van der Waals surface area contributed by atoms with E-state index in [1.54, 1.807) is 12.1 Å². The Labute approximate surface area is 219 Å². The van der Waals surface area contributed by atoms with Gasteiger partial charge in [-0.2, -0.15) is 0 Å². The number of carbonyl (C=O) groups excluding carboxylic acids is 3. The van der Waals surface area contributed by atoms with E-state index >= 15 is 0 Å². The Balaban J connectivity index is 1.49. The minimum atomic E-state index is -2.03. The van der Waals surface area contributed by atoms with Crippen LogP contribution in [0.15, 0.2) is 78.9 Å². The molecule has 5 rings (SSSR count). The Morgan fingerprint density at radius 3 is 2.05 bits per heavy atom. The van der Waals surface area contributed by atoms with E-state index in [9.17, 15) is 29.4 Å². The van der Waals surface area contributed by atoms with Crippen LogP contribution in [0.25, 0.3) is 12.2 Å².